The van der Waals surface area contributed by atoms with Gasteiger partial charge in [0.15, 0.2) is 18.1 Å². The van der Waals surface area contributed by atoms with Crippen LogP contribution in [0.25, 0.3) is 6.08 Å². The number of nitrogens with zero attached hydrogens (tertiary/aromatic N) is 1. The Kier molecular flexibility index (Phi) is 8.07. The summed E-state index contributed by atoms with van der Waals surface area (Å²) in [5.41, 5.74) is 6.51. The molecule has 38 heavy (non-hydrogen) atoms. The molecule has 0 spiro atoms. The molecule has 4 rings (SSSR count). The molecule has 0 aromatic heterocycles. The molecule has 1 heterocycles. The lowest BCUT2D eigenvalue weighted by Gasteiger charge is -2.26. The van der Waals surface area contributed by atoms with E-state index in [2.05, 4.69) is 21.2 Å². The van der Waals surface area contributed by atoms with Crippen molar-refractivity contribution in [2.45, 2.75) is 6.61 Å². The molecule has 0 unspecified atom stereocenters. The van der Waals surface area contributed by atoms with Crippen LogP contribution < -0.4 is 30.2 Å². The number of amides is 5. The second-order valence-electron chi connectivity index (χ2n) is 8.02. The number of ether oxygens (including phenoxy) is 3. The lowest BCUT2D eigenvalue weighted by molar-refractivity contribution is -0.123. The molecule has 0 saturated carbocycles. The summed E-state index contributed by atoms with van der Waals surface area (Å²) in [5.74, 6) is -1.32. The van der Waals surface area contributed by atoms with Gasteiger partial charge in [-0.3, -0.25) is 19.7 Å². The van der Waals surface area contributed by atoms with Gasteiger partial charge in [0.2, 0.25) is 0 Å². The van der Waals surface area contributed by atoms with Gasteiger partial charge in [-0.1, -0.05) is 30.3 Å². The first-order valence-corrected chi connectivity index (χ1v) is 12.0. The number of carbonyl (C=O) groups excluding carboxylic acids is 4. The molecule has 3 aromatic rings. The smallest absolute Gasteiger partial charge is 0.335 e. The molecule has 0 radical (unpaired) electrons. The van der Waals surface area contributed by atoms with Crippen LogP contribution in [-0.2, 0) is 21.0 Å². The molecule has 3 N–H and O–H groups in total. The number of rotatable bonds is 9. The third-order valence-corrected chi connectivity index (χ3v) is 5.96. The van der Waals surface area contributed by atoms with E-state index in [4.69, 9.17) is 19.9 Å². The number of anilines is 1. The summed E-state index contributed by atoms with van der Waals surface area (Å²) in [6.07, 6.45) is 1.32. The van der Waals surface area contributed by atoms with Crippen LogP contribution in [0.3, 0.4) is 0 Å². The van der Waals surface area contributed by atoms with E-state index in [0.29, 0.717) is 22.4 Å². The van der Waals surface area contributed by atoms with E-state index in [-0.39, 0.29) is 29.4 Å². The molecule has 1 fully saturated rings. The summed E-state index contributed by atoms with van der Waals surface area (Å²) in [6.45, 7) is -0.0144. The fourth-order valence-corrected chi connectivity index (χ4v) is 4.17. The van der Waals surface area contributed by atoms with Gasteiger partial charge in [-0.2, -0.15) is 0 Å². The molecule has 0 aliphatic carbocycles. The number of urea groups is 1. The van der Waals surface area contributed by atoms with Crippen LogP contribution >= 0.6 is 15.9 Å². The maximum Gasteiger partial charge on any atom is 0.335 e. The quantitative estimate of drug-likeness (QED) is 0.292. The Labute approximate surface area is 226 Å². The van der Waals surface area contributed by atoms with Crippen LogP contribution in [-0.4, -0.2) is 37.5 Å². The van der Waals surface area contributed by atoms with Gasteiger partial charge < -0.3 is 19.9 Å². The molecule has 1 aliphatic heterocycles. The maximum atomic E-state index is 13.3. The number of nitrogens with one attached hydrogen (secondary N) is 1. The zero-order valence-corrected chi connectivity index (χ0v) is 21.7. The van der Waals surface area contributed by atoms with E-state index < -0.39 is 23.8 Å². The highest BCUT2D eigenvalue weighted by molar-refractivity contribution is 9.10. The van der Waals surface area contributed by atoms with E-state index in [1.165, 1.54) is 19.3 Å². The zero-order valence-electron chi connectivity index (χ0n) is 20.1. The summed E-state index contributed by atoms with van der Waals surface area (Å²) in [5, 5.41) is 2.19. The van der Waals surface area contributed by atoms with Crippen LogP contribution in [0.15, 0.2) is 76.8 Å². The maximum absolute atomic E-state index is 13.3. The van der Waals surface area contributed by atoms with Gasteiger partial charge in [0.25, 0.3) is 17.7 Å². The number of methoxy groups -OCH3 is 1. The number of benzene rings is 3. The number of imide groups is 2. The van der Waals surface area contributed by atoms with Crippen LogP contribution in [0.4, 0.5) is 10.5 Å². The summed E-state index contributed by atoms with van der Waals surface area (Å²) in [6, 6.07) is 18.2. The molecule has 0 atom stereocenters. The van der Waals surface area contributed by atoms with Gasteiger partial charge in [0.1, 0.15) is 17.9 Å². The van der Waals surface area contributed by atoms with Gasteiger partial charge in [-0.05, 0) is 69.5 Å². The van der Waals surface area contributed by atoms with Gasteiger partial charge in [-0.15, -0.1) is 0 Å². The fraction of sp³-hybridized carbons (Fsp3) is 0.111. The number of hydrogen-bond acceptors (Lipinski definition) is 7. The molecule has 10 nitrogen and oxygen atoms in total. The second kappa shape index (κ2) is 11.6. The van der Waals surface area contributed by atoms with Crippen molar-refractivity contribution in [1.29, 1.82) is 0 Å². The summed E-state index contributed by atoms with van der Waals surface area (Å²) >= 11 is 3.33. The average molecular weight is 580 g/mol. The molecule has 1 aliphatic rings. The Bertz CT molecular complexity index is 1420. The number of hydrogen-bond donors (Lipinski definition) is 2. The number of nitrogens with two attached hydrogens (primary N) is 1. The molecule has 1 saturated heterocycles. The Morgan fingerprint density at radius 3 is 2.39 bits per heavy atom. The largest absolute Gasteiger partial charge is 0.493 e. The summed E-state index contributed by atoms with van der Waals surface area (Å²) in [7, 11) is 1.39. The van der Waals surface area contributed by atoms with Gasteiger partial charge >= 0.3 is 6.03 Å². The molecule has 11 heteroatoms. The van der Waals surface area contributed by atoms with Crippen molar-refractivity contribution in [2.24, 2.45) is 5.73 Å². The highest BCUT2D eigenvalue weighted by Gasteiger charge is 2.37. The van der Waals surface area contributed by atoms with Crippen LogP contribution in [0.2, 0.25) is 0 Å². The predicted octanol–water partition coefficient (Wildman–Crippen LogP) is 3.57. The Morgan fingerprint density at radius 1 is 1.03 bits per heavy atom. The minimum atomic E-state index is -0.871. The van der Waals surface area contributed by atoms with Crippen LogP contribution in [0.1, 0.15) is 11.1 Å². The standard InChI is InChI=1S/C27H22BrN3O7/c1-36-22-13-17(12-21(28)24(22)38-15-23(29)32)11-20-25(33)30-27(35)31(26(20)34)18-7-9-19(10-8-18)37-14-16-5-3-2-4-6-16/h2-13H,14-15H2,1H3,(H2,29,32)(H,30,33,35)/b20-11+. The van der Waals surface area contributed by atoms with Gasteiger partial charge in [-0.25, -0.2) is 9.69 Å². The predicted molar refractivity (Wildman–Crippen MR) is 142 cm³/mol. The van der Waals surface area contributed by atoms with E-state index in [1.807, 2.05) is 30.3 Å². The number of barbiturate groups is 1. The van der Waals surface area contributed by atoms with Crippen molar-refractivity contribution < 1.29 is 33.4 Å². The lowest BCUT2D eigenvalue weighted by Crippen LogP contribution is -2.54. The lowest BCUT2D eigenvalue weighted by atomic mass is 10.1. The molecule has 0 bridgehead atoms. The minimum absolute atomic E-state index is 0.222. The molecule has 5 amide bonds. The molecule has 3 aromatic carbocycles. The Balaban J connectivity index is 1.56. The third kappa shape index (κ3) is 6.01. The zero-order chi connectivity index (χ0) is 27.2. The highest BCUT2D eigenvalue weighted by atomic mass is 79.9. The van der Waals surface area contributed by atoms with Crippen molar-refractivity contribution in [2.75, 3.05) is 18.6 Å². The number of halogens is 1. The van der Waals surface area contributed by atoms with Crippen molar-refractivity contribution in [1.82, 2.24) is 5.32 Å². The first-order chi connectivity index (χ1) is 18.3. The number of primary amides is 1. The average Bonchev–Trinajstić information content (AvgIpc) is 2.90. The SMILES string of the molecule is COc1cc(/C=C2\C(=O)NC(=O)N(c3ccc(OCc4ccccc4)cc3)C2=O)cc(Br)c1OCC(N)=O. The topological polar surface area (TPSA) is 137 Å². The van der Waals surface area contributed by atoms with E-state index >= 15 is 0 Å². The Hall–Kier alpha value is -4.64. The van der Waals surface area contributed by atoms with Crippen LogP contribution in [0, 0.1) is 0 Å². The molecular formula is C27H22BrN3O7. The Morgan fingerprint density at radius 2 is 1.74 bits per heavy atom. The van der Waals surface area contributed by atoms with E-state index in [9.17, 15) is 19.2 Å². The van der Waals surface area contributed by atoms with Gasteiger partial charge in [0, 0.05) is 0 Å². The number of carbonyl (C=O) groups is 4. The summed E-state index contributed by atoms with van der Waals surface area (Å²) < 4.78 is 16.8. The first kappa shape index (κ1) is 26.4. The second-order valence-corrected chi connectivity index (χ2v) is 8.87. The minimum Gasteiger partial charge on any atom is -0.493 e. The fourth-order valence-electron chi connectivity index (χ4n) is 3.60. The van der Waals surface area contributed by atoms with E-state index in [1.54, 1.807) is 30.3 Å². The summed E-state index contributed by atoms with van der Waals surface area (Å²) in [4.78, 5) is 50.3. The molecule has 194 valence electrons. The highest BCUT2D eigenvalue weighted by Crippen LogP contribution is 2.37. The van der Waals surface area contributed by atoms with Gasteiger partial charge in [0.05, 0.1) is 17.3 Å². The van der Waals surface area contributed by atoms with Crippen LogP contribution in [0.5, 0.6) is 17.2 Å². The van der Waals surface area contributed by atoms with Crippen molar-refractivity contribution in [3.8, 4) is 17.2 Å². The molecular weight excluding hydrogens is 558 g/mol. The van der Waals surface area contributed by atoms with Crippen molar-refractivity contribution in [3.05, 3.63) is 87.9 Å². The first-order valence-electron chi connectivity index (χ1n) is 11.2. The van der Waals surface area contributed by atoms with E-state index in [0.717, 1.165) is 10.5 Å². The third-order valence-electron chi connectivity index (χ3n) is 5.37. The monoisotopic (exact) mass is 579 g/mol. The van der Waals surface area contributed by atoms with Crippen molar-refractivity contribution >= 4 is 51.4 Å². The normalized spacial score (nSPS) is 14.3. The van der Waals surface area contributed by atoms with Crippen molar-refractivity contribution in [3.63, 3.8) is 0 Å².